The summed E-state index contributed by atoms with van der Waals surface area (Å²) in [4.78, 5) is 2.17. The number of nitrogens with zero attached hydrogens (tertiary/aromatic N) is 1. The molecule has 0 saturated carbocycles. The predicted octanol–water partition coefficient (Wildman–Crippen LogP) is 2.34. The number of benzene rings is 1. The summed E-state index contributed by atoms with van der Waals surface area (Å²) in [5.74, 6) is -0.192. The summed E-state index contributed by atoms with van der Waals surface area (Å²) in [5.41, 5.74) is 7.28. The molecule has 104 valence electrons. The van der Waals surface area contributed by atoms with Crippen molar-refractivity contribution in [1.29, 1.82) is 0 Å². The lowest BCUT2D eigenvalue weighted by Gasteiger charge is -2.39. The van der Waals surface area contributed by atoms with Crippen LogP contribution >= 0.6 is 0 Å². The van der Waals surface area contributed by atoms with E-state index in [0.29, 0.717) is 5.69 Å². The number of hydrogen-bond donors (Lipinski definition) is 2. The minimum Gasteiger partial charge on any atom is -0.393 e. The van der Waals surface area contributed by atoms with Crippen LogP contribution in [0.15, 0.2) is 18.2 Å². The topological polar surface area (TPSA) is 49.5 Å². The second kappa shape index (κ2) is 4.76. The highest BCUT2D eigenvalue weighted by molar-refractivity contribution is 5.53. The Balaban J connectivity index is 1.91. The third-order valence-corrected chi connectivity index (χ3v) is 4.48. The molecule has 1 aromatic carbocycles. The maximum Gasteiger partial charge on any atom is 0.146 e. The Hall–Kier alpha value is -1.13. The zero-order valence-corrected chi connectivity index (χ0v) is 11.2. The summed E-state index contributed by atoms with van der Waals surface area (Å²) in [6, 6.07) is 5.71. The molecule has 4 heteroatoms. The summed E-state index contributed by atoms with van der Waals surface area (Å²) >= 11 is 0. The molecule has 2 unspecified atom stereocenters. The van der Waals surface area contributed by atoms with Crippen LogP contribution in [0.5, 0.6) is 0 Å². The van der Waals surface area contributed by atoms with Gasteiger partial charge in [-0.25, -0.2) is 4.39 Å². The Morgan fingerprint density at radius 3 is 2.47 bits per heavy atom. The molecule has 2 fully saturated rings. The molecule has 2 aliphatic rings. The van der Waals surface area contributed by atoms with Crippen LogP contribution in [0.1, 0.15) is 44.2 Å². The maximum absolute atomic E-state index is 14.3. The van der Waals surface area contributed by atoms with Crippen LogP contribution in [0, 0.1) is 5.82 Å². The van der Waals surface area contributed by atoms with Gasteiger partial charge in [-0.1, -0.05) is 6.07 Å². The number of aliphatic hydroxyl groups is 1. The number of anilines is 1. The van der Waals surface area contributed by atoms with Gasteiger partial charge in [0.1, 0.15) is 5.82 Å². The Kier molecular flexibility index (Phi) is 3.23. The Morgan fingerprint density at radius 1 is 1.32 bits per heavy atom. The fourth-order valence-corrected chi connectivity index (χ4v) is 3.56. The Labute approximate surface area is 113 Å². The fourth-order valence-electron chi connectivity index (χ4n) is 3.56. The lowest BCUT2D eigenvalue weighted by molar-refractivity contribution is 0.126. The lowest BCUT2D eigenvalue weighted by Crippen LogP contribution is -2.45. The largest absolute Gasteiger partial charge is 0.393 e. The molecule has 19 heavy (non-hydrogen) atoms. The van der Waals surface area contributed by atoms with Crippen molar-refractivity contribution in [2.75, 3.05) is 4.90 Å². The minimum atomic E-state index is -0.222. The molecular weight excluding hydrogens is 243 g/mol. The highest BCUT2D eigenvalue weighted by Crippen LogP contribution is 2.40. The van der Waals surface area contributed by atoms with Crippen LogP contribution in [-0.4, -0.2) is 23.3 Å². The van der Waals surface area contributed by atoms with Crippen molar-refractivity contribution in [1.82, 2.24) is 0 Å². The van der Waals surface area contributed by atoms with Gasteiger partial charge >= 0.3 is 0 Å². The van der Waals surface area contributed by atoms with Crippen LogP contribution < -0.4 is 10.6 Å². The van der Waals surface area contributed by atoms with Crippen molar-refractivity contribution >= 4 is 5.69 Å². The van der Waals surface area contributed by atoms with Crippen molar-refractivity contribution in [2.45, 2.75) is 56.8 Å². The lowest BCUT2D eigenvalue weighted by atomic mass is 9.98. The van der Waals surface area contributed by atoms with Gasteiger partial charge in [-0.05, 0) is 50.3 Å². The van der Waals surface area contributed by atoms with Crippen molar-refractivity contribution in [3.8, 4) is 0 Å². The zero-order chi connectivity index (χ0) is 13.6. The van der Waals surface area contributed by atoms with Gasteiger partial charge in [-0.2, -0.15) is 0 Å². The molecule has 0 aliphatic carbocycles. The fraction of sp³-hybridized carbons (Fsp3) is 0.600. The maximum atomic E-state index is 14.3. The highest BCUT2D eigenvalue weighted by atomic mass is 19.1. The van der Waals surface area contributed by atoms with E-state index < -0.39 is 0 Å². The van der Waals surface area contributed by atoms with Crippen LogP contribution in [0.25, 0.3) is 0 Å². The van der Waals surface area contributed by atoms with Crippen LogP contribution in [-0.2, 0) is 0 Å². The second-order valence-electron chi connectivity index (χ2n) is 5.92. The SMILES string of the molecule is C[C@@H](N)c1ccc(N2C3CCC2CC(O)C3)c(F)c1. The van der Waals surface area contributed by atoms with E-state index in [9.17, 15) is 9.50 Å². The summed E-state index contributed by atoms with van der Waals surface area (Å²) in [7, 11) is 0. The second-order valence-corrected chi connectivity index (χ2v) is 5.92. The molecule has 3 rings (SSSR count). The molecule has 0 spiro atoms. The van der Waals surface area contributed by atoms with E-state index in [2.05, 4.69) is 4.90 Å². The Morgan fingerprint density at radius 2 is 1.95 bits per heavy atom. The normalized spacial score (nSPS) is 31.6. The average molecular weight is 264 g/mol. The number of hydrogen-bond acceptors (Lipinski definition) is 3. The standard InChI is InChI=1S/C15H21FN2O/c1-9(17)10-2-5-15(14(16)6-10)18-11-3-4-12(18)8-13(19)7-11/h2,5-6,9,11-13,19H,3-4,7-8,17H2,1H3/t9-,11?,12?,13?/m1/s1. The summed E-state index contributed by atoms with van der Waals surface area (Å²) in [6.45, 7) is 1.86. The smallest absolute Gasteiger partial charge is 0.146 e. The molecule has 0 aromatic heterocycles. The molecule has 3 nitrogen and oxygen atoms in total. The Bertz CT molecular complexity index is 463. The third-order valence-electron chi connectivity index (χ3n) is 4.48. The van der Waals surface area contributed by atoms with Crippen molar-refractivity contribution in [3.05, 3.63) is 29.6 Å². The van der Waals surface area contributed by atoms with Crippen LogP contribution in [0.3, 0.4) is 0 Å². The van der Waals surface area contributed by atoms with Crippen LogP contribution in [0.2, 0.25) is 0 Å². The molecule has 3 N–H and O–H groups in total. The van der Waals surface area contributed by atoms with Gasteiger partial charge < -0.3 is 15.7 Å². The van der Waals surface area contributed by atoms with E-state index in [1.54, 1.807) is 6.07 Å². The molecule has 0 radical (unpaired) electrons. The van der Waals surface area contributed by atoms with Gasteiger partial charge in [-0.15, -0.1) is 0 Å². The van der Waals surface area contributed by atoms with Gasteiger partial charge in [0.05, 0.1) is 11.8 Å². The number of nitrogens with two attached hydrogens (primary N) is 1. The van der Waals surface area contributed by atoms with Gasteiger partial charge in [0.2, 0.25) is 0 Å². The third kappa shape index (κ3) is 2.23. The predicted molar refractivity (Wildman–Crippen MR) is 73.5 cm³/mol. The summed E-state index contributed by atoms with van der Waals surface area (Å²) < 4.78 is 14.3. The number of rotatable bonds is 2. The first kappa shape index (κ1) is 12.9. The molecule has 3 atom stereocenters. The first-order valence-electron chi connectivity index (χ1n) is 7.07. The van der Waals surface area contributed by atoms with Gasteiger partial charge in [0.15, 0.2) is 0 Å². The number of piperidine rings is 1. The number of aliphatic hydroxyl groups excluding tert-OH is 1. The molecule has 0 amide bonds. The van der Waals surface area contributed by atoms with Gasteiger partial charge in [-0.3, -0.25) is 0 Å². The quantitative estimate of drug-likeness (QED) is 0.862. The van der Waals surface area contributed by atoms with Crippen LogP contribution in [0.4, 0.5) is 10.1 Å². The van der Waals surface area contributed by atoms with E-state index in [0.717, 1.165) is 31.2 Å². The van der Waals surface area contributed by atoms with Gasteiger partial charge in [0, 0.05) is 18.1 Å². The van der Waals surface area contributed by atoms with E-state index in [4.69, 9.17) is 5.73 Å². The molecule has 1 aromatic rings. The van der Waals surface area contributed by atoms with Crippen molar-refractivity contribution in [2.24, 2.45) is 5.73 Å². The highest BCUT2D eigenvalue weighted by Gasteiger charge is 2.41. The average Bonchev–Trinajstić information content (AvgIpc) is 2.62. The first-order valence-corrected chi connectivity index (χ1v) is 7.07. The molecular formula is C15H21FN2O. The summed E-state index contributed by atoms with van der Waals surface area (Å²) in [5, 5.41) is 9.80. The summed E-state index contributed by atoms with van der Waals surface area (Å²) in [6.07, 6.45) is 3.39. The minimum absolute atomic E-state index is 0.150. The van der Waals surface area contributed by atoms with E-state index in [1.807, 2.05) is 19.1 Å². The van der Waals surface area contributed by atoms with E-state index >= 15 is 0 Å². The molecule has 2 bridgehead atoms. The molecule has 2 aliphatic heterocycles. The number of fused-ring (bicyclic) bond motifs is 2. The first-order chi connectivity index (χ1) is 9.06. The molecule has 2 saturated heterocycles. The number of halogens is 1. The van der Waals surface area contributed by atoms with Crippen molar-refractivity contribution in [3.63, 3.8) is 0 Å². The van der Waals surface area contributed by atoms with Crippen molar-refractivity contribution < 1.29 is 9.50 Å². The monoisotopic (exact) mass is 264 g/mol. The molecule has 2 heterocycles. The van der Waals surface area contributed by atoms with E-state index in [1.165, 1.54) is 0 Å². The van der Waals surface area contributed by atoms with E-state index in [-0.39, 0.29) is 30.0 Å². The zero-order valence-electron chi connectivity index (χ0n) is 11.2. The van der Waals surface area contributed by atoms with Gasteiger partial charge in [0.25, 0.3) is 0 Å².